The maximum absolute atomic E-state index is 12.5. The standard InChI is InChI=1S/C34H43N3O3/c38-34(39)33(28-14-8-3-9-15-28)37-23-29(31(24-37)26-12-6-2-7-13-26)22-36-18-16-27(17-19-36)32-21-30(35-40-32)20-25-10-4-1-5-11-25/h1-2,4-7,10-13,21,27-29,31,33H,3,8-9,14-20,22-24H2,(H,38,39)/t29-,31+,33+/m0/s1. The van der Waals surface area contributed by atoms with Crippen molar-refractivity contribution in [1.29, 1.82) is 0 Å². The molecule has 1 aromatic heterocycles. The molecule has 2 saturated heterocycles. The third-order valence-corrected chi connectivity index (χ3v) is 9.73. The van der Waals surface area contributed by atoms with Gasteiger partial charge in [-0.05, 0) is 61.7 Å². The summed E-state index contributed by atoms with van der Waals surface area (Å²) in [4.78, 5) is 17.5. The van der Waals surface area contributed by atoms with Gasteiger partial charge < -0.3 is 14.5 Å². The third-order valence-electron chi connectivity index (χ3n) is 9.73. The number of carboxylic acid groups (broad SMARTS) is 1. The zero-order chi connectivity index (χ0) is 27.3. The average Bonchev–Trinajstić information content (AvgIpc) is 3.62. The van der Waals surface area contributed by atoms with Gasteiger partial charge in [0.05, 0.1) is 5.69 Å². The zero-order valence-electron chi connectivity index (χ0n) is 23.5. The first kappa shape index (κ1) is 27.2. The Morgan fingerprint density at radius 1 is 0.925 bits per heavy atom. The van der Waals surface area contributed by atoms with E-state index in [-0.39, 0.29) is 12.0 Å². The van der Waals surface area contributed by atoms with Crippen molar-refractivity contribution in [3.05, 3.63) is 89.3 Å². The topological polar surface area (TPSA) is 69.8 Å². The predicted octanol–water partition coefficient (Wildman–Crippen LogP) is 6.19. The number of rotatable bonds is 9. The van der Waals surface area contributed by atoms with Gasteiger partial charge in [-0.15, -0.1) is 0 Å². The van der Waals surface area contributed by atoms with Gasteiger partial charge in [0, 0.05) is 44.0 Å². The van der Waals surface area contributed by atoms with Crippen molar-refractivity contribution in [2.24, 2.45) is 11.8 Å². The van der Waals surface area contributed by atoms with E-state index in [1.165, 1.54) is 30.4 Å². The highest BCUT2D eigenvalue weighted by Crippen LogP contribution is 2.39. The fraction of sp³-hybridized carbons (Fsp3) is 0.529. The SMILES string of the molecule is O=C(O)[C@@H](C1CCCCC1)N1C[C@H](CN2CCC(c3cc(Cc4ccccc4)no3)CC2)[C@@H](c2ccccc2)C1. The van der Waals surface area contributed by atoms with Gasteiger partial charge in [-0.3, -0.25) is 9.69 Å². The van der Waals surface area contributed by atoms with Crippen molar-refractivity contribution >= 4 is 5.97 Å². The van der Waals surface area contributed by atoms with Crippen LogP contribution >= 0.6 is 0 Å². The fourth-order valence-corrected chi connectivity index (χ4v) is 7.64. The Hall–Kier alpha value is -2.96. The number of likely N-dealkylation sites (tertiary alicyclic amines) is 2. The summed E-state index contributed by atoms with van der Waals surface area (Å²) in [6, 6.07) is 23.0. The van der Waals surface area contributed by atoms with Crippen molar-refractivity contribution in [3.8, 4) is 0 Å². The van der Waals surface area contributed by atoms with Gasteiger partial charge in [-0.1, -0.05) is 85.1 Å². The molecule has 3 atom stereocenters. The van der Waals surface area contributed by atoms with Crippen LogP contribution in [0.3, 0.4) is 0 Å². The second-order valence-corrected chi connectivity index (χ2v) is 12.4. The van der Waals surface area contributed by atoms with E-state index in [9.17, 15) is 9.90 Å². The predicted molar refractivity (Wildman–Crippen MR) is 156 cm³/mol. The molecule has 0 amide bonds. The molecule has 3 fully saturated rings. The molecule has 0 unspecified atom stereocenters. The monoisotopic (exact) mass is 541 g/mol. The van der Waals surface area contributed by atoms with Gasteiger partial charge in [0.1, 0.15) is 11.8 Å². The summed E-state index contributed by atoms with van der Waals surface area (Å²) in [5.41, 5.74) is 3.61. The van der Waals surface area contributed by atoms with Gasteiger partial charge in [0.15, 0.2) is 0 Å². The Morgan fingerprint density at radius 2 is 1.62 bits per heavy atom. The minimum absolute atomic E-state index is 0.283. The largest absolute Gasteiger partial charge is 0.480 e. The normalized spacial score (nSPS) is 24.3. The molecule has 1 N–H and O–H groups in total. The van der Waals surface area contributed by atoms with Gasteiger partial charge in [-0.25, -0.2) is 0 Å². The van der Waals surface area contributed by atoms with E-state index in [0.717, 1.165) is 76.3 Å². The van der Waals surface area contributed by atoms with Crippen molar-refractivity contribution in [3.63, 3.8) is 0 Å². The second kappa shape index (κ2) is 12.7. The maximum Gasteiger partial charge on any atom is 0.321 e. The van der Waals surface area contributed by atoms with E-state index >= 15 is 0 Å². The van der Waals surface area contributed by atoms with Crippen LogP contribution in [0.2, 0.25) is 0 Å². The van der Waals surface area contributed by atoms with Gasteiger partial charge in [-0.2, -0.15) is 0 Å². The van der Waals surface area contributed by atoms with Gasteiger partial charge in [0.25, 0.3) is 0 Å². The van der Waals surface area contributed by atoms with Gasteiger partial charge >= 0.3 is 5.97 Å². The highest BCUT2D eigenvalue weighted by molar-refractivity contribution is 5.74. The molecule has 3 aliphatic rings. The van der Waals surface area contributed by atoms with E-state index in [1.807, 2.05) is 6.07 Å². The smallest absolute Gasteiger partial charge is 0.321 e. The van der Waals surface area contributed by atoms with Crippen LogP contribution in [0.25, 0.3) is 0 Å². The molecule has 6 heteroatoms. The number of hydrogen-bond donors (Lipinski definition) is 1. The first-order valence-electron chi connectivity index (χ1n) is 15.4. The molecule has 2 aromatic carbocycles. The molecule has 3 heterocycles. The average molecular weight is 542 g/mol. The molecule has 6 rings (SSSR count). The number of benzene rings is 2. The molecule has 0 spiro atoms. The van der Waals surface area contributed by atoms with Crippen LogP contribution in [-0.2, 0) is 11.2 Å². The number of nitrogens with zero attached hydrogens (tertiary/aromatic N) is 3. The number of carboxylic acids is 1. The molecular weight excluding hydrogens is 498 g/mol. The number of carbonyl (C=O) groups is 1. The van der Waals surface area contributed by atoms with Crippen LogP contribution in [0, 0.1) is 11.8 Å². The number of aliphatic carboxylic acids is 1. The Kier molecular flexibility index (Phi) is 8.64. The molecule has 3 aromatic rings. The first-order valence-corrected chi connectivity index (χ1v) is 15.4. The van der Waals surface area contributed by atoms with Crippen LogP contribution in [0.15, 0.2) is 71.3 Å². The Bertz CT molecular complexity index is 1220. The summed E-state index contributed by atoms with van der Waals surface area (Å²) in [7, 11) is 0. The lowest BCUT2D eigenvalue weighted by Crippen LogP contribution is -2.46. The molecule has 1 aliphatic carbocycles. The second-order valence-electron chi connectivity index (χ2n) is 12.4. The fourth-order valence-electron chi connectivity index (χ4n) is 7.64. The van der Waals surface area contributed by atoms with Crippen LogP contribution in [0.4, 0.5) is 0 Å². The van der Waals surface area contributed by atoms with E-state index < -0.39 is 5.97 Å². The summed E-state index contributed by atoms with van der Waals surface area (Å²) in [6.07, 6.45) is 8.64. The van der Waals surface area contributed by atoms with Crippen LogP contribution in [-0.4, -0.2) is 64.8 Å². The summed E-state index contributed by atoms with van der Waals surface area (Å²) < 4.78 is 5.81. The summed E-state index contributed by atoms with van der Waals surface area (Å²) in [5, 5.41) is 14.7. The van der Waals surface area contributed by atoms with E-state index in [4.69, 9.17) is 4.52 Å². The van der Waals surface area contributed by atoms with Gasteiger partial charge in [0.2, 0.25) is 0 Å². The minimum Gasteiger partial charge on any atom is -0.480 e. The van der Waals surface area contributed by atoms with Crippen LogP contribution in [0.5, 0.6) is 0 Å². The molecule has 0 radical (unpaired) electrons. The highest BCUT2D eigenvalue weighted by atomic mass is 16.5. The summed E-state index contributed by atoms with van der Waals surface area (Å²) in [6.45, 7) is 4.83. The molecule has 212 valence electrons. The Morgan fingerprint density at radius 3 is 2.33 bits per heavy atom. The summed E-state index contributed by atoms with van der Waals surface area (Å²) in [5.74, 6) is 1.91. The molecule has 6 nitrogen and oxygen atoms in total. The van der Waals surface area contributed by atoms with Crippen molar-refractivity contribution in [2.75, 3.05) is 32.7 Å². The Balaban J connectivity index is 1.09. The highest BCUT2D eigenvalue weighted by Gasteiger charge is 2.43. The lowest BCUT2D eigenvalue weighted by atomic mass is 9.83. The molecule has 1 saturated carbocycles. The maximum atomic E-state index is 12.5. The zero-order valence-corrected chi connectivity index (χ0v) is 23.5. The lowest BCUT2D eigenvalue weighted by Gasteiger charge is -2.35. The van der Waals surface area contributed by atoms with Crippen molar-refractivity contribution in [1.82, 2.24) is 15.0 Å². The molecule has 2 aliphatic heterocycles. The molecular formula is C34H43N3O3. The van der Waals surface area contributed by atoms with E-state index in [1.54, 1.807) is 0 Å². The van der Waals surface area contributed by atoms with E-state index in [0.29, 0.717) is 17.8 Å². The van der Waals surface area contributed by atoms with Crippen LogP contribution in [0.1, 0.15) is 79.4 Å². The third kappa shape index (κ3) is 6.34. The van der Waals surface area contributed by atoms with Crippen LogP contribution < -0.4 is 0 Å². The first-order chi connectivity index (χ1) is 19.6. The van der Waals surface area contributed by atoms with E-state index in [2.05, 4.69) is 75.6 Å². The number of aromatic nitrogens is 1. The Labute approximate surface area is 238 Å². The van der Waals surface area contributed by atoms with Crippen molar-refractivity contribution in [2.45, 2.75) is 69.2 Å². The number of piperidine rings is 1. The van der Waals surface area contributed by atoms with Crippen molar-refractivity contribution < 1.29 is 14.4 Å². The minimum atomic E-state index is -0.626. The molecule has 0 bridgehead atoms. The molecule has 40 heavy (non-hydrogen) atoms. The number of hydrogen-bond acceptors (Lipinski definition) is 5. The lowest BCUT2D eigenvalue weighted by molar-refractivity contribution is -0.145. The quantitative estimate of drug-likeness (QED) is 0.348. The summed E-state index contributed by atoms with van der Waals surface area (Å²) >= 11 is 0.